The van der Waals surface area contributed by atoms with Gasteiger partial charge in [0.25, 0.3) is 0 Å². The molecular formula is C14H20N2O2. The molecule has 0 radical (unpaired) electrons. The second kappa shape index (κ2) is 5.76. The predicted octanol–water partition coefficient (Wildman–Crippen LogP) is 2.08. The van der Waals surface area contributed by atoms with Crippen LogP contribution in [0.15, 0.2) is 18.2 Å². The number of anilines is 1. The van der Waals surface area contributed by atoms with Crippen LogP contribution in [0.5, 0.6) is 5.75 Å². The van der Waals surface area contributed by atoms with Crippen molar-refractivity contribution in [2.24, 2.45) is 0 Å². The Hall–Kier alpha value is -1.71. The number of nitrogens with one attached hydrogen (secondary N) is 2. The molecule has 4 nitrogen and oxygen atoms in total. The van der Waals surface area contributed by atoms with Gasteiger partial charge in [0, 0.05) is 19.0 Å². The minimum Gasteiger partial charge on any atom is -0.495 e. The smallest absolute Gasteiger partial charge is 0.221 e. The predicted molar refractivity (Wildman–Crippen MR) is 72.0 cm³/mol. The van der Waals surface area contributed by atoms with E-state index in [9.17, 15) is 4.79 Å². The molecule has 1 aliphatic rings. The molecule has 1 fully saturated rings. The van der Waals surface area contributed by atoms with Crippen LogP contribution in [0.1, 0.15) is 24.8 Å². The van der Waals surface area contributed by atoms with Crippen molar-refractivity contribution in [2.75, 3.05) is 19.0 Å². The zero-order valence-corrected chi connectivity index (χ0v) is 11.0. The number of carbonyl (C=O) groups excluding carboxylic acids is 1. The van der Waals surface area contributed by atoms with Crippen LogP contribution in [0.4, 0.5) is 5.69 Å². The number of methoxy groups -OCH3 is 1. The summed E-state index contributed by atoms with van der Waals surface area (Å²) in [6.07, 6.45) is 2.75. The van der Waals surface area contributed by atoms with Crippen LogP contribution in [-0.4, -0.2) is 25.6 Å². The summed E-state index contributed by atoms with van der Waals surface area (Å²) < 4.78 is 5.27. The van der Waals surface area contributed by atoms with Crippen molar-refractivity contribution in [3.63, 3.8) is 0 Å². The summed E-state index contributed by atoms with van der Waals surface area (Å²) in [6.45, 7) is 2.66. The molecule has 98 valence electrons. The highest BCUT2D eigenvalue weighted by atomic mass is 16.5. The summed E-state index contributed by atoms with van der Waals surface area (Å²) in [7, 11) is 1.65. The highest BCUT2D eigenvalue weighted by molar-refractivity contribution is 5.77. The van der Waals surface area contributed by atoms with E-state index in [1.54, 1.807) is 7.11 Å². The van der Waals surface area contributed by atoms with Gasteiger partial charge in [-0.1, -0.05) is 6.07 Å². The lowest BCUT2D eigenvalue weighted by atomic mass is 10.2. The minimum atomic E-state index is 0.122. The van der Waals surface area contributed by atoms with Crippen molar-refractivity contribution in [2.45, 2.75) is 32.2 Å². The Kier molecular flexibility index (Phi) is 4.07. The molecule has 2 N–H and O–H groups in total. The molecule has 1 saturated carbocycles. The van der Waals surface area contributed by atoms with E-state index in [0.29, 0.717) is 19.0 Å². The van der Waals surface area contributed by atoms with E-state index in [2.05, 4.69) is 10.6 Å². The molecule has 0 aromatic heterocycles. The summed E-state index contributed by atoms with van der Waals surface area (Å²) in [5.74, 6) is 0.930. The number of amides is 1. The third-order valence-electron chi connectivity index (χ3n) is 2.96. The highest BCUT2D eigenvalue weighted by Gasteiger charge is 2.22. The van der Waals surface area contributed by atoms with Gasteiger partial charge in [0.1, 0.15) is 5.75 Å². The monoisotopic (exact) mass is 248 g/mol. The SMILES string of the molecule is COc1ccc(C)cc1NCCC(=O)NC1CC1. The third kappa shape index (κ3) is 3.65. The largest absolute Gasteiger partial charge is 0.495 e. The molecule has 1 aliphatic carbocycles. The van der Waals surface area contributed by atoms with Gasteiger partial charge in [-0.2, -0.15) is 0 Å². The Bertz CT molecular complexity index is 428. The van der Waals surface area contributed by atoms with Gasteiger partial charge in [0.15, 0.2) is 0 Å². The first kappa shape index (κ1) is 12.7. The van der Waals surface area contributed by atoms with Crippen molar-refractivity contribution >= 4 is 11.6 Å². The van der Waals surface area contributed by atoms with Gasteiger partial charge in [-0.15, -0.1) is 0 Å². The first-order chi connectivity index (χ1) is 8.69. The minimum absolute atomic E-state index is 0.122. The van der Waals surface area contributed by atoms with Gasteiger partial charge >= 0.3 is 0 Å². The van der Waals surface area contributed by atoms with Gasteiger partial charge < -0.3 is 15.4 Å². The van der Waals surface area contributed by atoms with Crippen LogP contribution in [-0.2, 0) is 4.79 Å². The molecule has 0 spiro atoms. The Morgan fingerprint density at radius 2 is 2.22 bits per heavy atom. The summed E-state index contributed by atoms with van der Waals surface area (Å²) in [5, 5.41) is 6.21. The normalized spacial score (nSPS) is 14.1. The number of hydrogen-bond donors (Lipinski definition) is 2. The molecule has 0 atom stereocenters. The van der Waals surface area contributed by atoms with E-state index < -0.39 is 0 Å². The molecule has 2 rings (SSSR count). The van der Waals surface area contributed by atoms with E-state index in [0.717, 1.165) is 24.3 Å². The average Bonchev–Trinajstić information content (AvgIpc) is 3.13. The maximum absolute atomic E-state index is 11.5. The molecule has 0 aliphatic heterocycles. The van der Waals surface area contributed by atoms with E-state index in [1.165, 1.54) is 5.56 Å². The fourth-order valence-corrected chi connectivity index (χ4v) is 1.80. The van der Waals surface area contributed by atoms with Crippen molar-refractivity contribution in [3.05, 3.63) is 23.8 Å². The number of carbonyl (C=O) groups is 1. The van der Waals surface area contributed by atoms with Crippen LogP contribution in [0.25, 0.3) is 0 Å². The quantitative estimate of drug-likeness (QED) is 0.810. The Morgan fingerprint density at radius 3 is 2.89 bits per heavy atom. The molecule has 0 bridgehead atoms. The van der Waals surface area contributed by atoms with Gasteiger partial charge in [-0.3, -0.25) is 4.79 Å². The number of rotatable bonds is 6. The number of hydrogen-bond acceptors (Lipinski definition) is 3. The van der Waals surface area contributed by atoms with Gasteiger partial charge in [0.05, 0.1) is 12.8 Å². The van der Waals surface area contributed by atoms with Crippen LogP contribution in [0.2, 0.25) is 0 Å². The summed E-state index contributed by atoms with van der Waals surface area (Å²) in [5.41, 5.74) is 2.11. The molecule has 1 amide bonds. The number of ether oxygens (including phenoxy) is 1. The van der Waals surface area contributed by atoms with Crippen molar-refractivity contribution in [3.8, 4) is 5.75 Å². The highest BCUT2D eigenvalue weighted by Crippen LogP contribution is 2.25. The van der Waals surface area contributed by atoms with Crippen molar-refractivity contribution in [1.29, 1.82) is 0 Å². The maximum atomic E-state index is 11.5. The molecule has 0 unspecified atom stereocenters. The summed E-state index contributed by atoms with van der Waals surface area (Å²) in [4.78, 5) is 11.5. The number of benzene rings is 1. The molecule has 1 aromatic carbocycles. The zero-order valence-electron chi connectivity index (χ0n) is 11.0. The van der Waals surface area contributed by atoms with E-state index >= 15 is 0 Å². The third-order valence-corrected chi connectivity index (χ3v) is 2.96. The second-order valence-electron chi connectivity index (χ2n) is 4.72. The van der Waals surface area contributed by atoms with Crippen molar-refractivity contribution < 1.29 is 9.53 Å². The Morgan fingerprint density at radius 1 is 1.44 bits per heavy atom. The lowest BCUT2D eigenvalue weighted by molar-refractivity contribution is -0.120. The van der Waals surface area contributed by atoms with Gasteiger partial charge in [0.2, 0.25) is 5.91 Å². The fourth-order valence-electron chi connectivity index (χ4n) is 1.80. The molecule has 18 heavy (non-hydrogen) atoms. The van der Waals surface area contributed by atoms with Crippen LogP contribution >= 0.6 is 0 Å². The maximum Gasteiger partial charge on any atom is 0.221 e. The average molecular weight is 248 g/mol. The molecule has 4 heteroatoms. The Balaban J connectivity index is 1.81. The molecule has 0 saturated heterocycles. The first-order valence-electron chi connectivity index (χ1n) is 6.37. The zero-order chi connectivity index (χ0) is 13.0. The topological polar surface area (TPSA) is 50.4 Å². The van der Waals surface area contributed by atoms with Gasteiger partial charge in [-0.25, -0.2) is 0 Å². The van der Waals surface area contributed by atoms with E-state index in [-0.39, 0.29) is 5.91 Å². The lowest BCUT2D eigenvalue weighted by Gasteiger charge is -2.11. The first-order valence-corrected chi connectivity index (χ1v) is 6.37. The standard InChI is InChI=1S/C14H20N2O2/c1-10-3-6-13(18-2)12(9-10)15-8-7-14(17)16-11-4-5-11/h3,6,9,11,15H,4-5,7-8H2,1-2H3,(H,16,17). The van der Waals surface area contributed by atoms with E-state index in [1.807, 2.05) is 25.1 Å². The second-order valence-corrected chi connectivity index (χ2v) is 4.72. The summed E-state index contributed by atoms with van der Waals surface area (Å²) >= 11 is 0. The molecular weight excluding hydrogens is 228 g/mol. The lowest BCUT2D eigenvalue weighted by Crippen LogP contribution is -2.27. The molecule has 1 aromatic rings. The summed E-state index contributed by atoms with van der Waals surface area (Å²) in [6, 6.07) is 6.40. The van der Waals surface area contributed by atoms with Crippen LogP contribution in [0, 0.1) is 6.92 Å². The Labute approximate surface area is 108 Å². The number of aryl methyl sites for hydroxylation is 1. The van der Waals surface area contributed by atoms with Crippen LogP contribution < -0.4 is 15.4 Å². The van der Waals surface area contributed by atoms with Crippen molar-refractivity contribution in [1.82, 2.24) is 5.32 Å². The molecule has 0 heterocycles. The fraction of sp³-hybridized carbons (Fsp3) is 0.500. The van der Waals surface area contributed by atoms with Crippen LogP contribution in [0.3, 0.4) is 0 Å². The van der Waals surface area contributed by atoms with E-state index in [4.69, 9.17) is 4.74 Å². The van der Waals surface area contributed by atoms with Gasteiger partial charge in [-0.05, 0) is 37.5 Å².